The summed E-state index contributed by atoms with van der Waals surface area (Å²) in [4.78, 5) is 12.2. The van der Waals surface area contributed by atoms with Crippen LogP contribution < -0.4 is 5.32 Å². The van der Waals surface area contributed by atoms with Crippen molar-refractivity contribution < 1.29 is 9.90 Å². The number of aryl methyl sites for hydroxylation is 1. The highest BCUT2D eigenvalue weighted by Gasteiger charge is 2.17. The monoisotopic (exact) mass is 327 g/mol. The number of aromatic hydroxyl groups is 1. The minimum absolute atomic E-state index is 0.110. The van der Waals surface area contributed by atoms with E-state index >= 15 is 0 Å². The van der Waals surface area contributed by atoms with Gasteiger partial charge in [0.05, 0.1) is 0 Å². The standard InChI is InChI=1S/C15H22BrNO2/c1-10-7-11(5-6-13(10)18)14(19)17-9-12(16)8-15(2,3)4/h5-7,12,18H,8-9H2,1-4H3,(H,17,19). The maximum absolute atomic E-state index is 12.0. The normalized spacial score (nSPS) is 13.1. The largest absolute Gasteiger partial charge is 0.508 e. The highest BCUT2D eigenvalue weighted by Crippen LogP contribution is 2.24. The Morgan fingerprint density at radius 3 is 2.58 bits per heavy atom. The first-order valence-electron chi connectivity index (χ1n) is 6.41. The number of halogens is 1. The molecule has 106 valence electrons. The zero-order valence-corrected chi connectivity index (χ0v) is 13.5. The van der Waals surface area contributed by atoms with E-state index in [9.17, 15) is 9.90 Å². The van der Waals surface area contributed by atoms with Crippen LogP contribution in [-0.2, 0) is 0 Å². The van der Waals surface area contributed by atoms with Crippen molar-refractivity contribution >= 4 is 21.8 Å². The first kappa shape index (κ1) is 16.0. The molecule has 1 rings (SSSR count). The molecule has 0 saturated heterocycles. The highest BCUT2D eigenvalue weighted by molar-refractivity contribution is 9.09. The molecule has 0 saturated carbocycles. The van der Waals surface area contributed by atoms with E-state index in [0.29, 0.717) is 17.7 Å². The number of amides is 1. The number of phenols is 1. The Labute approximate surface area is 123 Å². The fraction of sp³-hybridized carbons (Fsp3) is 0.533. The Balaban J connectivity index is 2.53. The average Bonchev–Trinajstić information content (AvgIpc) is 2.27. The maximum atomic E-state index is 12.0. The van der Waals surface area contributed by atoms with Gasteiger partial charge in [-0.25, -0.2) is 0 Å². The van der Waals surface area contributed by atoms with Crippen LogP contribution in [0.5, 0.6) is 5.75 Å². The van der Waals surface area contributed by atoms with E-state index < -0.39 is 0 Å². The summed E-state index contributed by atoms with van der Waals surface area (Å²) in [6.45, 7) is 8.89. The summed E-state index contributed by atoms with van der Waals surface area (Å²) in [5.41, 5.74) is 1.51. The lowest BCUT2D eigenvalue weighted by molar-refractivity contribution is 0.0952. The van der Waals surface area contributed by atoms with Crippen LogP contribution in [-0.4, -0.2) is 22.4 Å². The van der Waals surface area contributed by atoms with Crippen LogP contribution >= 0.6 is 15.9 Å². The molecule has 3 nitrogen and oxygen atoms in total. The molecule has 1 atom stereocenters. The fourth-order valence-corrected chi connectivity index (χ4v) is 2.97. The van der Waals surface area contributed by atoms with Crippen LogP contribution in [0.3, 0.4) is 0 Å². The first-order valence-corrected chi connectivity index (χ1v) is 7.32. The van der Waals surface area contributed by atoms with Crippen LogP contribution in [0.1, 0.15) is 43.1 Å². The van der Waals surface area contributed by atoms with Gasteiger partial charge >= 0.3 is 0 Å². The van der Waals surface area contributed by atoms with Crippen molar-refractivity contribution in [1.82, 2.24) is 5.32 Å². The van der Waals surface area contributed by atoms with Gasteiger partial charge in [-0.15, -0.1) is 0 Å². The van der Waals surface area contributed by atoms with Crippen molar-refractivity contribution in [3.8, 4) is 5.75 Å². The molecule has 4 heteroatoms. The number of rotatable bonds is 4. The second kappa shape index (κ2) is 6.42. The molecular formula is C15H22BrNO2. The molecule has 2 N–H and O–H groups in total. The Hall–Kier alpha value is -1.03. The smallest absolute Gasteiger partial charge is 0.251 e. The van der Waals surface area contributed by atoms with Crippen LogP contribution in [0.25, 0.3) is 0 Å². The van der Waals surface area contributed by atoms with Crippen molar-refractivity contribution in [2.75, 3.05) is 6.54 Å². The summed E-state index contributed by atoms with van der Waals surface area (Å²) in [5.74, 6) is 0.101. The number of benzene rings is 1. The number of hydrogen-bond donors (Lipinski definition) is 2. The predicted molar refractivity (Wildman–Crippen MR) is 82.0 cm³/mol. The number of carbonyl (C=O) groups excluding carboxylic acids is 1. The summed E-state index contributed by atoms with van der Waals surface area (Å²) in [5, 5.41) is 12.3. The van der Waals surface area contributed by atoms with E-state index in [4.69, 9.17) is 0 Å². The number of hydrogen-bond acceptors (Lipinski definition) is 2. The Bertz CT molecular complexity index is 452. The summed E-state index contributed by atoms with van der Waals surface area (Å²) in [7, 11) is 0. The molecule has 0 heterocycles. The number of carbonyl (C=O) groups is 1. The zero-order chi connectivity index (χ0) is 14.6. The SMILES string of the molecule is Cc1cc(C(=O)NCC(Br)CC(C)(C)C)ccc1O. The number of phenolic OH excluding ortho intramolecular Hbond substituents is 1. The van der Waals surface area contributed by atoms with E-state index in [1.807, 2.05) is 0 Å². The van der Waals surface area contributed by atoms with Gasteiger partial charge in [0, 0.05) is 16.9 Å². The fourth-order valence-electron chi connectivity index (χ4n) is 1.84. The second-order valence-corrected chi connectivity index (χ2v) is 7.37. The van der Waals surface area contributed by atoms with Crippen molar-refractivity contribution in [3.63, 3.8) is 0 Å². The van der Waals surface area contributed by atoms with Gasteiger partial charge in [0.1, 0.15) is 5.75 Å². The van der Waals surface area contributed by atoms with Gasteiger partial charge in [0.15, 0.2) is 0 Å². The molecule has 0 aliphatic carbocycles. The lowest BCUT2D eigenvalue weighted by atomic mass is 9.90. The molecule has 0 aliphatic heterocycles. The van der Waals surface area contributed by atoms with Crippen LogP contribution in [0, 0.1) is 12.3 Å². The minimum atomic E-state index is -0.110. The van der Waals surface area contributed by atoms with Crippen LogP contribution in [0.15, 0.2) is 18.2 Å². The quantitative estimate of drug-likeness (QED) is 0.829. The molecule has 1 aromatic carbocycles. The number of alkyl halides is 1. The lowest BCUT2D eigenvalue weighted by Crippen LogP contribution is -2.31. The van der Waals surface area contributed by atoms with E-state index in [0.717, 1.165) is 6.42 Å². The van der Waals surface area contributed by atoms with Gasteiger partial charge in [-0.3, -0.25) is 4.79 Å². The van der Waals surface area contributed by atoms with Crippen molar-refractivity contribution in [2.45, 2.75) is 38.9 Å². The third-order valence-electron chi connectivity index (χ3n) is 2.78. The van der Waals surface area contributed by atoms with Gasteiger partial charge in [0.2, 0.25) is 0 Å². The summed E-state index contributed by atoms with van der Waals surface area (Å²) < 4.78 is 0. The summed E-state index contributed by atoms with van der Waals surface area (Å²) in [6, 6.07) is 4.87. The van der Waals surface area contributed by atoms with E-state index in [1.54, 1.807) is 25.1 Å². The molecule has 19 heavy (non-hydrogen) atoms. The van der Waals surface area contributed by atoms with Crippen molar-refractivity contribution in [3.05, 3.63) is 29.3 Å². The molecule has 0 aliphatic rings. The van der Waals surface area contributed by atoms with Crippen molar-refractivity contribution in [1.29, 1.82) is 0 Å². The molecule has 0 bridgehead atoms. The van der Waals surface area contributed by atoms with Gasteiger partial charge in [-0.1, -0.05) is 36.7 Å². The molecule has 1 aromatic rings. The second-order valence-electron chi connectivity index (χ2n) is 6.07. The summed E-state index contributed by atoms with van der Waals surface area (Å²) in [6.07, 6.45) is 0.988. The zero-order valence-electron chi connectivity index (χ0n) is 12.0. The van der Waals surface area contributed by atoms with E-state index in [1.165, 1.54) is 0 Å². The third kappa shape index (κ3) is 5.64. The summed E-state index contributed by atoms with van der Waals surface area (Å²) >= 11 is 3.59. The van der Waals surface area contributed by atoms with Gasteiger partial charge in [-0.2, -0.15) is 0 Å². The molecular weight excluding hydrogens is 306 g/mol. The third-order valence-corrected chi connectivity index (χ3v) is 3.42. The van der Waals surface area contributed by atoms with Gasteiger partial charge < -0.3 is 10.4 Å². The molecule has 0 fully saturated rings. The Morgan fingerprint density at radius 2 is 2.05 bits per heavy atom. The average molecular weight is 328 g/mol. The topological polar surface area (TPSA) is 49.3 Å². The highest BCUT2D eigenvalue weighted by atomic mass is 79.9. The first-order chi connectivity index (χ1) is 8.69. The Kier molecular flexibility index (Phi) is 5.41. The molecule has 1 amide bonds. The molecule has 1 unspecified atom stereocenters. The minimum Gasteiger partial charge on any atom is -0.508 e. The van der Waals surface area contributed by atoms with Gasteiger partial charge in [0.25, 0.3) is 5.91 Å². The Morgan fingerprint density at radius 1 is 1.42 bits per heavy atom. The van der Waals surface area contributed by atoms with Gasteiger partial charge in [-0.05, 0) is 42.5 Å². The van der Waals surface area contributed by atoms with Crippen molar-refractivity contribution in [2.24, 2.45) is 5.41 Å². The van der Waals surface area contributed by atoms with Crippen LogP contribution in [0.2, 0.25) is 0 Å². The van der Waals surface area contributed by atoms with E-state index in [-0.39, 0.29) is 21.9 Å². The van der Waals surface area contributed by atoms with E-state index in [2.05, 4.69) is 42.0 Å². The molecule has 0 radical (unpaired) electrons. The molecule has 0 aromatic heterocycles. The maximum Gasteiger partial charge on any atom is 0.251 e. The predicted octanol–water partition coefficient (Wildman–Crippen LogP) is 3.63. The van der Waals surface area contributed by atoms with Crippen LogP contribution in [0.4, 0.5) is 0 Å². The lowest BCUT2D eigenvalue weighted by Gasteiger charge is -2.22. The molecule has 0 spiro atoms. The number of nitrogens with one attached hydrogen (secondary N) is 1.